The van der Waals surface area contributed by atoms with E-state index in [2.05, 4.69) is 0 Å². The van der Waals surface area contributed by atoms with Crippen molar-refractivity contribution in [2.24, 2.45) is 0 Å². The van der Waals surface area contributed by atoms with Gasteiger partial charge in [-0.2, -0.15) is 0 Å². The largest absolute Gasteiger partial charge is 0.507 e. The summed E-state index contributed by atoms with van der Waals surface area (Å²) in [5.41, 5.74) is 0.649. The van der Waals surface area contributed by atoms with E-state index in [1.807, 2.05) is 62.4 Å². The number of ketones is 2. The van der Waals surface area contributed by atoms with Crippen LogP contribution in [-0.2, 0) is 12.8 Å². The van der Waals surface area contributed by atoms with Gasteiger partial charge in [0.25, 0.3) is 0 Å². The van der Waals surface area contributed by atoms with Crippen molar-refractivity contribution < 1.29 is 30.0 Å². The SMILES string of the molecule is CCc1ccc(Sc2cc(O)c3c(c2O)C(=O)c2c(O)cc(Sc4ccc(CC)cc4)c(O)c2C3=O)cc1. The normalized spacial score (nSPS) is 12.4. The van der Waals surface area contributed by atoms with Crippen LogP contribution in [0.5, 0.6) is 23.0 Å². The molecule has 0 unspecified atom stereocenters. The summed E-state index contributed by atoms with van der Waals surface area (Å²) in [7, 11) is 0. The lowest BCUT2D eigenvalue weighted by molar-refractivity contribution is 0.0968. The topological polar surface area (TPSA) is 115 Å². The van der Waals surface area contributed by atoms with Crippen LogP contribution in [0.1, 0.15) is 56.8 Å². The molecule has 0 aromatic heterocycles. The summed E-state index contributed by atoms with van der Waals surface area (Å²) in [6, 6.07) is 17.7. The molecule has 0 bridgehead atoms. The first kappa shape index (κ1) is 25.8. The van der Waals surface area contributed by atoms with Crippen LogP contribution in [0.4, 0.5) is 0 Å². The Morgan fingerprint density at radius 3 is 1.21 bits per heavy atom. The molecule has 8 heteroatoms. The average molecular weight is 545 g/mol. The summed E-state index contributed by atoms with van der Waals surface area (Å²) in [5, 5.41) is 43.7. The lowest BCUT2D eigenvalue weighted by Crippen LogP contribution is -2.22. The molecule has 5 rings (SSSR count). The average Bonchev–Trinajstić information content (AvgIpc) is 2.91. The molecule has 0 fully saturated rings. The fraction of sp³-hybridized carbons (Fsp3) is 0.133. The van der Waals surface area contributed by atoms with Crippen molar-refractivity contribution in [2.45, 2.75) is 46.3 Å². The summed E-state index contributed by atoms with van der Waals surface area (Å²) in [6.45, 7) is 4.07. The highest BCUT2D eigenvalue weighted by molar-refractivity contribution is 7.99. The molecule has 0 spiro atoms. The Morgan fingerprint density at radius 2 is 0.895 bits per heavy atom. The molecule has 0 heterocycles. The molecule has 6 nitrogen and oxygen atoms in total. The molecule has 4 aromatic rings. The molecule has 0 saturated carbocycles. The summed E-state index contributed by atoms with van der Waals surface area (Å²) in [4.78, 5) is 28.9. The first-order chi connectivity index (χ1) is 18.2. The molecular weight excluding hydrogens is 520 g/mol. The van der Waals surface area contributed by atoms with Gasteiger partial charge in [-0.3, -0.25) is 9.59 Å². The second kappa shape index (κ2) is 10.1. The molecule has 0 atom stereocenters. The zero-order chi connectivity index (χ0) is 27.1. The summed E-state index contributed by atoms with van der Waals surface area (Å²) in [6.07, 6.45) is 1.74. The highest BCUT2D eigenvalue weighted by Crippen LogP contribution is 2.50. The standard InChI is InChI=1S/C30H24O6S2/c1-3-15-5-9-17(10-6-15)37-21-13-19(31)23-25(27(21)33)29(35)24-20(32)14-22(28(34)26(24)30(23)36)38-18-11-7-16(4-2)8-12-18/h5-14,31-34H,3-4H2,1-2H3. The number of hydrogen-bond acceptors (Lipinski definition) is 8. The van der Waals surface area contributed by atoms with Gasteiger partial charge in [0.1, 0.15) is 23.0 Å². The van der Waals surface area contributed by atoms with Gasteiger partial charge in [-0.1, -0.05) is 61.6 Å². The molecule has 1 aliphatic carbocycles. The second-order valence-corrected chi connectivity index (χ2v) is 11.1. The van der Waals surface area contributed by atoms with Crippen molar-refractivity contribution in [3.8, 4) is 23.0 Å². The molecule has 1 aliphatic rings. The zero-order valence-electron chi connectivity index (χ0n) is 20.6. The van der Waals surface area contributed by atoms with Crippen LogP contribution in [0.2, 0.25) is 0 Å². The predicted octanol–water partition coefficient (Wildman–Crippen LogP) is 6.71. The number of carbonyl (C=O) groups is 2. The van der Waals surface area contributed by atoms with Gasteiger partial charge in [0.05, 0.1) is 32.0 Å². The molecule has 4 N–H and O–H groups in total. The Morgan fingerprint density at radius 1 is 0.553 bits per heavy atom. The molecule has 192 valence electrons. The third-order valence-electron chi connectivity index (χ3n) is 6.52. The number of fused-ring (bicyclic) bond motifs is 2. The van der Waals surface area contributed by atoms with E-state index in [1.54, 1.807) is 0 Å². The van der Waals surface area contributed by atoms with Crippen LogP contribution in [0.15, 0.2) is 80.2 Å². The number of aromatic hydroxyl groups is 4. The molecule has 4 aromatic carbocycles. The molecule has 0 amide bonds. The second-order valence-electron chi connectivity index (χ2n) is 8.84. The van der Waals surface area contributed by atoms with Gasteiger partial charge in [0, 0.05) is 9.79 Å². The third-order valence-corrected chi connectivity index (χ3v) is 8.59. The maximum Gasteiger partial charge on any atom is 0.202 e. The summed E-state index contributed by atoms with van der Waals surface area (Å²) in [5.74, 6) is -3.66. The molecule has 38 heavy (non-hydrogen) atoms. The van der Waals surface area contributed by atoms with Gasteiger partial charge < -0.3 is 20.4 Å². The van der Waals surface area contributed by atoms with Crippen molar-refractivity contribution >= 4 is 35.1 Å². The van der Waals surface area contributed by atoms with Gasteiger partial charge in [-0.05, 0) is 60.4 Å². The van der Waals surface area contributed by atoms with Crippen LogP contribution < -0.4 is 0 Å². The zero-order valence-corrected chi connectivity index (χ0v) is 22.2. The predicted molar refractivity (Wildman–Crippen MR) is 146 cm³/mol. The Bertz CT molecular complexity index is 1470. The number of hydrogen-bond donors (Lipinski definition) is 4. The van der Waals surface area contributed by atoms with Crippen LogP contribution in [0.25, 0.3) is 0 Å². The highest BCUT2D eigenvalue weighted by atomic mass is 32.2. The number of phenols is 4. The van der Waals surface area contributed by atoms with E-state index in [-0.39, 0.29) is 9.79 Å². The maximum atomic E-state index is 13.5. The van der Waals surface area contributed by atoms with E-state index >= 15 is 0 Å². The minimum absolute atomic E-state index is 0.182. The first-order valence-corrected chi connectivity index (χ1v) is 13.7. The van der Waals surface area contributed by atoms with Crippen LogP contribution >= 0.6 is 23.5 Å². The van der Waals surface area contributed by atoms with Gasteiger partial charge in [-0.25, -0.2) is 0 Å². The van der Waals surface area contributed by atoms with Crippen molar-refractivity contribution in [2.75, 3.05) is 0 Å². The monoisotopic (exact) mass is 544 g/mol. The fourth-order valence-corrected chi connectivity index (χ4v) is 6.21. The molecular formula is C30H24O6S2. The van der Waals surface area contributed by atoms with E-state index < -0.39 is 56.8 Å². The molecule has 0 radical (unpaired) electrons. The Kier molecular flexibility index (Phi) is 6.86. The number of phenolic OH excluding ortho intramolecular Hbond substituents is 4. The molecule has 0 aliphatic heterocycles. The van der Waals surface area contributed by atoms with Crippen molar-refractivity contribution in [3.63, 3.8) is 0 Å². The Hall–Kier alpha value is -3.88. The minimum atomic E-state index is -0.858. The van der Waals surface area contributed by atoms with Gasteiger partial charge in [-0.15, -0.1) is 0 Å². The number of rotatable bonds is 6. The van der Waals surface area contributed by atoms with Gasteiger partial charge >= 0.3 is 0 Å². The van der Waals surface area contributed by atoms with Crippen LogP contribution in [-0.4, -0.2) is 32.0 Å². The van der Waals surface area contributed by atoms with Gasteiger partial charge in [0.2, 0.25) is 11.6 Å². The van der Waals surface area contributed by atoms with E-state index in [9.17, 15) is 30.0 Å². The molecule has 0 saturated heterocycles. The lowest BCUT2D eigenvalue weighted by atomic mass is 9.82. The van der Waals surface area contributed by atoms with E-state index in [4.69, 9.17) is 0 Å². The van der Waals surface area contributed by atoms with E-state index in [0.29, 0.717) is 0 Å². The Labute approximate surface area is 228 Å². The van der Waals surface area contributed by atoms with E-state index in [1.165, 1.54) is 12.1 Å². The first-order valence-electron chi connectivity index (χ1n) is 12.0. The van der Waals surface area contributed by atoms with Crippen molar-refractivity contribution in [3.05, 3.63) is 94.0 Å². The quantitative estimate of drug-likeness (QED) is 0.174. The van der Waals surface area contributed by atoms with Crippen LogP contribution in [0, 0.1) is 0 Å². The van der Waals surface area contributed by atoms with Crippen molar-refractivity contribution in [1.29, 1.82) is 0 Å². The van der Waals surface area contributed by atoms with Crippen LogP contribution in [0.3, 0.4) is 0 Å². The minimum Gasteiger partial charge on any atom is -0.507 e. The number of benzene rings is 4. The third kappa shape index (κ3) is 4.40. The van der Waals surface area contributed by atoms with Crippen molar-refractivity contribution in [1.82, 2.24) is 0 Å². The lowest BCUT2D eigenvalue weighted by Gasteiger charge is -2.23. The summed E-state index contributed by atoms with van der Waals surface area (Å²) >= 11 is 2.26. The smallest absolute Gasteiger partial charge is 0.202 e. The number of aryl methyl sites for hydroxylation is 2. The maximum absolute atomic E-state index is 13.5. The summed E-state index contributed by atoms with van der Waals surface area (Å²) < 4.78 is 0. The van der Waals surface area contributed by atoms with Gasteiger partial charge in [0.15, 0.2) is 0 Å². The Balaban J connectivity index is 1.57. The van der Waals surface area contributed by atoms with E-state index in [0.717, 1.165) is 57.3 Å². The number of carbonyl (C=O) groups excluding carboxylic acids is 2. The fourth-order valence-electron chi connectivity index (χ4n) is 4.42. The highest BCUT2D eigenvalue weighted by Gasteiger charge is 2.40.